The maximum absolute atomic E-state index is 11.6. The Labute approximate surface area is 143 Å². The van der Waals surface area contributed by atoms with Gasteiger partial charge >= 0.3 is 11.9 Å². The molecule has 23 heavy (non-hydrogen) atoms. The van der Waals surface area contributed by atoms with Crippen molar-refractivity contribution in [1.29, 1.82) is 0 Å². The van der Waals surface area contributed by atoms with Crippen molar-refractivity contribution >= 4 is 47.3 Å². The molecule has 2 aromatic rings. The average molecular weight is 347 g/mol. The van der Waals surface area contributed by atoms with Crippen LogP contribution in [0.15, 0.2) is 60.7 Å². The largest absolute Gasteiger partial charge is 0.387 e. The molecule has 0 saturated heterocycles. The molecular formula is C18H12Cl2O3. The Bertz CT molecular complexity index is 779. The van der Waals surface area contributed by atoms with Crippen molar-refractivity contribution in [2.24, 2.45) is 0 Å². The maximum Gasteiger partial charge on any atom is 0.338 e. The summed E-state index contributed by atoms with van der Waals surface area (Å²) in [4.78, 5) is 23.1. The molecule has 2 aromatic carbocycles. The van der Waals surface area contributed by atoms with E-state index in [4.69, 9.17) is 23.2 Å². The average Bonchev–Trinajstić information content (AvgIpc) is 2.52. The van der Waals surface area contributed by atoms with Crippen LogP contribution < -0.4 is 0 Å². The summed E-state index contributed by atoms with van der Waals surface area (Å²) in [5.74, 6) is -1.54. The third-order valence-corrected chi connectivity index (χ3v) is 3.35. The molecule has 0 atom stereocenters. The SMILES string of the molecule is O=C(/C=C/c1cccc(Cl)c1)OC(=O)/C=C/c1ccccc1Cl. The van der Waals surface area contributed by atoms with Crippen LogP contribution in [-0.2, 0) is 14.3 Å². The summed E-state index contributed by atoms with van der Waals surface area (Å²) in [5, 5.41) is 1.06. The molecule has 0 fully saturated rings. The lowest BCUT2D eigenvalue weighted by Crippen LogP contribution is -2.06. The fourth-order valence-corrected chi connectivity index (χ4v) is 2.11. The minimum atomic E-state index is -0.773. The van der Waals surface area contributed by atoms with E-state index in [9.17, 15) is 9.59 Å². The smallest absolute Gasteiger partial charge is 0.338 e. The maximum atomic E-state index is 11.6. The first-order valence-corrected chi connectivity index (χ1v) is 7.42. The number of hydrogen-bond donors (Lipinski definition) is 0. The van der Waals surface area contributed by atoms with Crippen molar-refractivity contribution in [3.05, 3.63) is 81.9 Å². The zero-order chi connectivity index (χ0) is 16.7. The van der Waals surface area contributed by atoms with Crippen LogP contribution in [0.1, 0.15) is 11.1 Å². The minimum absolute atomic E-state index is 0.503. The van der Waals surface area contributed by atoms with Crippen LogP contribution in [0.4, 0.5) is 0 Å². The first kappa shape index (κ1) is 17.0. The summed E-state index contributed by atoms with van der Waals surface area (Å²) in [6.45, 7) is 0. The van der Waals surface area contributed by atoms with E-state index in [0.717, 1.165) is 17.7 Å². The van der Waals surface area contributed by atoms with Gasteiger partial charge in [0.15, 0.2) is 0 Å². The number of ether oxygens (including phenoxy) is 1. The summed E-state index contributed by atoms with van der Waals surface area (Å²) in [6, 6.07) is 13.9. The highest BCUT2D eigenvalue weighted by atomic mass is 35.5. The lowest BCUT2D eigenvalue weighted by molar-refractivity contribution is -0.152. The van der Waals surface area contributed by atoms with Gasteiger partial charge in [-0.05, 0) is 41.5 Å². The molecule has 2 rings (SSSR count). The quantitative estimate of drug-likeness (QED) is 0.454. The van der Waals surface area contributed by atoms with Gasteiger partial charge in [-0.3, -0.25) is 0 Å². The Morgan fingerprint density at radius 1 is 0.870 bits per heavy atom. The molecule has 116 valence electrons. The van der Waals surface area contributed by atoms with Crippen molar-refractivity contribution in [3.8, 4) is 0 Å². The summed E-state index contributed by atoms with van der Waals surface area (Å²) in [6.07, 6.45) is 5.30. The Hall–Kier alpha value is -2.36. The van der Waals surface area contributed by atoms with E-state index in [1.54, 1.807) is 48.5 Å². The molecule has 0 unspecified atom stereocenters. The lowest BCUT2D eigenvalue weighted by Gasteiger charge is -1.97. The molecule has 0 aliphatic heterocycles. The Balaban J connectivity index is 1.92. The molecule has 0 N–H and O–H groups in total. The highest BCUT2D eigenvalue weighted by Crippen LogP contribution is 2.16. The van der Waals surface area contributed by atoms with Gasteiger partial charge in [0.25, 0.3) is 0 Å². The van der Waals surface area contributed by atoms with Gasteiger partial charge in [-0.2, -0.15) is 0 Å². The van der Waals surface area contributed by atoms with Crippen molar-refractivity contribution in [1.82, 2.24) is 0 Å². The number of benzene rings is 2. The van der Waals surface area contributed by atoms with Crippen LogP contribution in [0.2, 0.25) is 10.0 Å². The molecule has 0 saturated carbocycles. The van der Waals surface area contributed by atoms with Crippen molar-refractivity contribution in [3.63, 3.8) is 0 Å². The summed E-state index contributed by atoms with van der Waals surface area (Å²) in [7, 11) is 0. The number of carbonyl (C=O) groups is 2. The second-order valence-electron chi connectivity index (χ2n) is 4.48. The number of esters is 2. The third-order valence-electron chi connectivity index (χ3n) is 2.77. The number of carbonyl (C=O) groups excluding carboxylic acids is 2. The second kappa shape index (κ2) is 8.32. The van der Waals surface area contributed by atoms with E-state index < -0.39 is 11.9 Å². The van der Waals surface area contributed by atoms with Gasteiger partial charge in [0.2, 0.25) is 0 Å². The monoisotopic (exact) mass is 346 g/mol. The molecule has 5 heteroatoms. The van der Waals surface area contributed by atoms with Crippen molar-refractivity contribution < 1.29 is 14.3 Å². The van der Waals surface area contributed by atoms with E-state index in [0.29, 0.717) is 15.6 Å². The van der Waals surface area contributed by atoms with Crippen LogP contribution in [0.25, 0.3) is 12.2 Å². The predicted octanol–water partition coefficient (Wildman–Crippen LogP) is 4.79. The standard InChI is InChI=1S/C18H12Cl2O3/c19-15-6-3-4-13(12-15)8-10-17(21)23-18(22)11-9-14-5-1-2-7-16(14)20/h1-12H/b10-8+,11-9+. The Kier molecular flexibility index (Phi) is 6.15. The van der Waals surface area contributed by atoms with Gasteiger partial charge in [-0.1, -0.05) is 53.5 Å². The Morgan fingerprint density at radius 3 is 2.26 bits per heavy atom. The fraction of sp³-hybridized carbons (Fsp3) is 0. The van der Waals surface area contributed by atoms with Gasteiger partial charge in [-0.15, -0.1) is 0 Å². The van der Waals surface area contributed by atoms with Gasteiger partial charge in [0.05, 0.1) is 0 Å². The number of rotatable bonds is 4. The normalized spacial score (nSPS) is 11.0. The first-order valence-electron chi connectivity index (χ1n) is 6.66. The molecule has 0 aliphatic carbocycles. The fourth-order valence-electron chi connectivity index (χ4n) is 1.71. The summed E-state index contributed by atoms with van der Waals surface area (Å²) < 4.78 is 4.64. The van der Waals surface area contributed by atoms with Crippen LogP contribution in [0.3, 0.4) is 0 Å². The molecule has 0 aliphatic rings. The van der Waals surface area contributed by atoms with E-state index in [1.807, 2.05) is 0 Å². The third kappa shape index (κ3) is 5.74. The molecule has 0 radical (unpaired) electrons. The van der Waals surface area contributed by atoms with E-state index >= 15 is 0 Å². The highest BCUT2D eigenvalue weighted by Gasteiger charge is 2.04. The lowest BCUT2D eigenvalue weighted by atomic mass is 10.2. The van der Waals surface area contributed by atoms with Gasteiger partial charge in [0.1, 0.15) is 0 Å². The second-order valence-corrected chi connectivity index (χ2v) is 5.33. The molecule has 0 bridgehead atoms. The van der Waals surface area contributed by atoms with Gasteiger partial charge in [0, 0.05) is 22.2 Å². The molecule has 0 aromatic heterocycles. The molecule has 0 heterocycles. The highest BCUT2D eigenvalue weighted by molar-refractivity contribution is 6.32. The van der Waals surface area contributed by atoms with Crippen LogP contribution in [0, 0.1) is 0 Å². The molecular weight excluding hydrogens is 335 g/mol. The van der Waals surface area contributed by atoms with Gasteiger partial charge < -0.3 is 4.74 Å². The topological polar surface area (TPSA) is 43.4 Å². The van der Waals surface area contributed by atoms with Gasteiger partial charge in [-0.25, -0.2) is 9.59 Å². The zero-order valence-electron chi connectivity index (χ0n) is 11.9. The summed E-state index contributed by atoms with van der Waals surface area (Å²) in [5.41, 5.74) is 1.39. The molecule has 3 nitrogen and oxygen atoms in total. The van der Waals surface area contributed by atoms with Crippen molar-refractivity contribution in [2.45, 2.75) is 0 Å². The predicted molar refractivity (Wildman–Crippen MR) is 92.1 cm³/mol. The van der Waals surface area contributed by atoms with Crippen molar-refractivity contribution in [2.75, 3.05) is 0 Å². The molecule has 0 amide bonds. The van der Waals surface area contributed by atoms with E-state index in [-0.39, 0.29) is 0 Å². The number of hydrogen-bond acceptors (Lipinski definition) is 3. The first-order chi connectivity index (χ1) is 11.0. The van der Waals surface area contributed by atoms with Crippen LogP contribution in [-0.4, -0.2) is 11.9 Å². The van der Waals surface area contributed by atoms with E-state index in [1.165, 1.54) is 12.2 Å². The molecule has 0 spiro atoms. The number of halogens is 2. The van der Waals surface area contributed by atoms with Crippen LogP contribution >= 0.6 is 23.2 Å². The van der Waals surface area contributed by atoms with E-state index in [2.05, 4.69) is 4.74 Å². The van der Waals surface area contributed by atoms with Crippen LogP contribution in [0.5, 0.6) is 0 Å². The minimum Gasteiger partial charge on any atom is -0.387 e. The summed E-state index contributed by atoms with van der Waals surface area (Å²) >= 11 is 11.8. The Morgan fingerprint density at radius 2 is 1.57 bits per heavy atom. The zero-order valence-corrected chi connectivity index (χ0v) is 13.4.